The van der Waals surface area contributed by atoms with Crippen molar-refractivity contribution >= 4 is 0 Å². The molecule has 0 aromatic carbocycles. The molecule has 3 nitrogen and oxygen atoms in total. The second-order valence-electron chi connectivity index (χ2n) is 5.72. The Kier molecular flexibility index (Phi) is 7.60. The second kappa shape index (κ2) is 8.96. The van der Waals surface area contributed by atoms with Crippen molar-refractivity contribution < 1.29 is 4.74 Å². The Balaban J connectivity index is 2.91. The van der Waals surface area contributed by atoms with E-state index in [-0.39, 0.29) is 6.10 Å². The lowest BCUT2D eigenvalue weighted by Crippen LogP contribution is -2.25. The van der Waals surface area contributed by atoms with Crippen molar-refractivity contribution in [2.75, 3.05) is 7.05 Å². The Hall–Kier alpha value is -1.09. The summed E-state index contributed by atoms with van der Waals surface area (Å²) < 4.78 is 5.76. The van der Waals surface area contributed by atoms with Crippen LogP contribution in [0.1, 0.15) is 65.0 Å². The van der Waals surface area contributed by atoms with Gasteiger partial charge in [-0.05, 0) is 51.3 Å². The van der Waals surface area contributed by atoms with Crippen LogP contribution >= 0.6 is 0 Å². The molecule has 20 heavy (non-hydrogen) atoms. The van der Waals surface area contributed by atoms with E-state index in [1.54, 1.807) is 6.20 Å². The first-order valence-corrected chi connectivity index (χ1v) is 7.91. The van der Waals surface area contributed by atoms with Crippen LogP contribution in [0.5, 0.6) is 5.75 Å². The maximum Gasteiger partial charge on any atom is 0.138 e. The molecule has 0 aliphatic heterocycles. The van der Waals surface area contributed by atoms with Crippen molar-refractivity contribution in [3.8, 4) is 5.75 Å². The summed E-state index contributed by atoms with van der Waals surface area (Å²) in [6, 6.07) is 2.49. The van der Waals surface area contributed by atoms with Crippen molar-refractivity contribution in [3.05, 3.63) is 24.0 Å². The molecular weight excluding hydrogens is 248 g/mol. The van der Waals surface area contributed by atoms with Gasteiger partial charge in [-0.25, -0.2) is 0 Å². The SMILES string of the molecule is CCCC(CCC)C(NC)c1cncc(OC(C)C)c1. The van der Waals surface area contributed by atoms with Gasteiger partial charge >= 0.3 is 0 Å². The van der Waals surface area contributed by atoms with Crippen LogP contribution in [0.3, 0.4) is 0 Å². The Morgan fingerprint density at radius 3 is 2.30 bits per heavy atom. The van der Waals surface area contributed by atoms with E-state index < -0.39 is 0 Å². The standard InChI is InChI=1S/C17H30N2O/c1-6-8-14(9-7-2)17(18-5)15-10-16(12-19-11-15)20-13(3)4/h10-14,17-18H,6-9H2,1-5H3. The smallest absolute Gasteiger partial charge is 0.138 e. The van der Waals surface area contributed by atoms with Crippen molar-refractivity contribution in [2.24, 2.45) is 5.92 Å². The lowest BCUT2D eigenvalue weighted by atomic mass is 9.87. The van der Waals surface area contributed by atoms with Gasteiger partial charge in [-0.2, -0.15) is 0 Å². The van der Waals surface area contributed by atoms with E-state index in [4.69, 9.17) is 4.74 Å². The van der Waals surface area contributed by atoms with E-state index in [2.05, 4.69) is 30.2 Å². The van der Waals surface area contributed by atoms with E-state index in [1.807, 2.05) is 27.1 Å². The predicted octanol–water partition coefficient (Wildman–Crippen LogP) is 4.35. The second-order valence-corrected chi connectivity index (χ2v) is 5.72. The molecule has 0 bridgehead atoms. The quantitative estimate of drug-likeness (QED) is 0.729. The summed E-state index contributed by atoms with van der Waals surface area (Å²) in [5.41, 5.74) is 1.23. The fourth-order valence-electron chi connectivity index (χ4n) is 2.84. The van der Waals surface area contributed by atoms with Crippen LogP contribution in [0, 0.1) is 5.92 Å². The molecule has 1 heterocycles. The molecule has 0 saturated carbocycles. The first kappa shape index (κ1) is 17.0. The van der Waals surface area contributed by atoms with Crippen LogP contribution in [0.25, 0.3) is 0 Å². The van der Waals surface area contributed by atoms with Crippen molar-refractivity contribution in [2.45, 2.75) is 65.5 Å². The highest BCUT2D eigenvalue weighted by Crippen LogP contribution is 2.30. The third-order valence-corrected chi connectivity index (χ3v) is 3.57. The highest BCUT2D eigenvalue weighted by molar-refractivity contribution is 5.26. The van der Waals surface area contributed by atoms with Gasteiger partial charge in [-0.1, -0.05) is 26.7 Å². The van der Waals surface area contributed by atoms with E-state index >= 15 is 0 Å². The molecule has 1 rings (SSSR count). The van der Waals surface area contributed by atoms with Gasteiger partial charge < -0.3 is 10.1 Å². The highest BCUT2D eigenvalue weighted by atomic mass is 16.5. The summed E-state index contributed by atoms with van der Waals surface area (Å²) in [4.78, 5) is 4.34. The van der Waals surface area contributed by atoms with E-state index in [9.17, 15) is 0 Å². The molecule has 0 saturated heterocycles. The monoisotopic (exact) mass is 278 g/mol. The van der Waals surface area contributed by atoms with E-state index in [0.717, 1.165) is 5.75 Å². The third kappa shape index (κ3) is 5.12. The van der Waals surface area contributed by atoms with Crippen molar-refractivity contribution in [1.29, 1.82) is 0 Å². The van der Waals surface area contributed by atoms with Crippen LogP contribution in [0.15, 0.2) is 18.5 Å². The van der Waals surface area contributed by atoms with Gasteiger partial charge in [-0.3, -0.25) is 4.98 Å². The Morgan fingerprint density at radius 1 is 1.15 bits per heavy atom. The van der Waals surface area contributed by atoms with Crippen LogP contribution in [-0.2, 0) is 0 Å². The molecule has 3 heteroatoms. The fraction of sp³-hybridized carbons (Fsp3) is 0.706. The molecule has 0 amide bonds. The normalized spacial score (nSPS) is 12.9. The summed E-state index contributed by atoms with van der Waals surface area (Å²) >= 11 is 0. The zero-order valence-corrected chi connectivity index (χ0v) is 13.6. The van der Waals surface area contributed by atoms with Gasteiger partial charge in [0, 0.05) is 12.2 Å². The van der Waals surface area contributed by atoms with Gasteiger partial charge in [0.25, 0.3) is 0 Å². The van der Waals surface area contributed by atoms with Crippen molar-refractivity contribution in [3.63, 3.8) is 0 Å². The molecular formula is C17H30N2O. The molecule has 0 aliphatic rings. The summed E-state index contributed by atoms with van der Waals surface area (Å²) in [6.07, 6.45) is 8.87. The van der Waals surface area contributed by atoms with E-state index in [1.165, 1.54) is 31.2 Å². The summed E-state index contributed by atoms with van der Waals surface area (Å²) in [6.45, 7) is 8.59. The maximum absolute atomic E-state index is 5.76. The minimum atomic E-state index is 0.183. The molecule has 1 aromatic heterocycles. The molecule has 0 spiro atoms. The number of nitrogens with zero attached hydrogens (tertiary/aromatic N) is 1. The molecule has 0 fully saturated rings. The van der Waals surface area contributed by atoms with Crippen LogP contribution in [-0.4, -0.2) is 18.1 Å². The Labute approximate surface area is 124 Å². The molecule has 114 valence electrons. The topological polar surface area (TPSA) is 34.2 Å². The predicted molar refractivity (Wildman–Crippen MR) is 85.1 cm³/mol. The number of hydrogen-bond acceptors (Lipinski definition) is 3. The summed E-state index contributed by atoms with van der Waals surface area (Å²) in [5.74, 6) is 1.52. The Bertz CT molecular complexity index is 373. The number of aromatic nitrogens is 1. The Morgan fingerprint density at radius 2 is 1.80 bits per heavy atom. The number of rotatable bonds is 9. The first-order valence-electron chi connectivity index (χ1n) is 7.91. The third-order valence-electron chi connectivity index (χ3n) is 3.57. The number of ether oxygens (including phenoxy) is 1. The minimum absolute atomic E-state index is 0.183. The lowest BCUT2D eigenvalue weighted by molar-refractivity contribution is 0.240. The fourth-order valence-corrected chi connectivity index (χ4v) is 2.84. The van der Waals surface area contributed by atoms with Gasteiger partial charge in [0.1, 0.15) is 5.75 Å². The summed E-state index contributed by atoms with van der Waals surface area (Å²) in [5, 5.41) is 3.47. The van der Waals surface area contributed by atoms with Gasteiger partial charge in [-0.15, -0.1) is 0 Å². The first-order chi connectivity index (χ1) is 9.62. The number of nitrogens with one attached hydrogen (secondary N) is 1. The molecule has 1 atom stereocenters. The van der Waals surface area contributed by atoms with Crippen molar-refractivity contribution in [1.82, 2.24) is 10.3 Å². The molecule has 0 aliphatic carbocycles. The van der Waals surface area contributed by atoms with Gasteiger partial charge in [0.05, 0.1) is 12.3 Å². The average Bonchev–Trinajstić information content (AvgIpc) is 2.40. The zero-order valence-electron chi connectivity index (χ0n) is 13.6. The lowest BCUT2D eigenvalue weighted by Gasteiger charge is -2.27. The zero-order chi connectivity index (χ0) is 15.0. The molecule has 0 radical (unpaired) electrons. The maximum atomic E-state index is 5.76. The largest absolute Gasteiger partial charge is 0.489 e. The molecule has 1 aromatic rings. The van der Waals surface area contributed by atoms with Crippen LogP contribution < -0.4 is 10.1 Å². The molecule has 1 N–H and O–H groups in total. The summed E-state index contributed by atoms with van der Waals surface area (Å²) in [7, 11) is 2.04. The van der Waals surface area contributed by atoms with Gasteiger partial charge in [0.2, 0.25) is 0 Å². The van der Waals surface area contributed by atoms with Crippen LogP contribution in [0.4, 0.5) is 0 Å². The number of hydrogen-bond donors (Lipinski definition) is 1. The number of pyridine rings is 1. The average molecular weight is 278 g/mol. The van der Waals surface area contributed by atoms with E-state index in [0.29, 0.717) is 12.0 Å². The van der Waals surface area contributed by atoms with Gasteiger partial charge in [0.15, 0.2) is 0 Å². The van der Waals surface area contributed by atoms with Crippen LogP contribution in [0.2, 0.25) is 0 Å². The highest BCUT2D eigenvalue weighted by Gasteiger charge is 2.21. The minimum Gasteiger partial charge on any atom is -0.489 e. The molecule has 1 unspecified atom stereocenters.